The highest BCUT2D eigenvalue weighted by atomic mass is 16.3. The number of piperazine rings is 1. The van der Waals surface area contributed by atoms with Crippen LogP contribution in [0, 0.1) is 0 Å². The predicted molar refractivity (Wildman–Crippen MR) is 80.0 cm³/mol. The van der Waals surface area contributed by atoms with Crippen LogP contribution in [-0.4, -0.2) is 26.2 Å². The molecule has 19 heavy (non-hydrogen) atoms. The number of hydrogen-bond donors (Lipinski definition) is 1. The zero-order chi connectivity index (χ0) is 13.5. The second-order valence-electron chi connectivity index (χ2n) is 6.32. The molecule has 0 unspecified atom stereocenters. The maximum atomic E-state index is 5.94. The zero-order valence-electron chi connectivity index (χ0n) is 12.0. The summed E-state index contributed by atoms with van der Waals surface area (Å²) in [6, 6.07) is 8.70. The first-order valence-corrected chi connectivity index (χ1v) is 7.04. The fourth-order valence-corrected chi connectivity index (χ4v) is 2.52. The summed E-state index contributed by atoms with van der Waals surface area (Å²) in [5, 5.41) is 4.59. The van der Waals surface area contributed by atoms with Crippen molar-refractivity contribution >= 4 is 16.7 Å². The van der Waals surface area contributed by atoms with E-state index >= 15 is 0 Å². The van der Waals surface area contributed by atoms with E-state index < -0.39 is 0 Å². The highest BCUT2D eigenvalue weighted by molar-refractivity contribution is 5.82. The van der Waals surface area contributed by atoms with Gasteiger partial charge >= 0.3 is 0 Å². The van der Waals surface area contributed by atoms with Crippen molar-refractivity contribution in [3.05, 3.63) is 30.0 Å². The van der Waals surface area contributed by atoms with Crippen LogP contribution in [0.1, 0.15) is 26.5 Å². The summed E-state index contributed by atoms with van der Waals surface area (Å²) in [6.07, 6.45) is 0. The highest BCUT2D eigenvalue weighted by Crippen LogP contribution is 2.31. The minimum atomic E-state index is 0.0637. The van der Waals surface area contributed by atoms with E-state index in [0.717, 1.165) is 37.5 Å². The Morgan fingerprint density at radius 1 is 1.11 bits per heavy atom. The van der Waals surface area contributed by atoms with E-state index in [2.05, 4.69) is 55.3 Å². The van der Waals surface area contributed by atoms with Crippen molar-refractivity contribution in [3.8, 4) is 0 Å². The number of benzene rings is 1. The van der Waals surface area contributed by atoms with Crippen LogP contribution in [0.4, 0.5) is 5.69 Å². The molecule has 0 amide bonds. The summed E-state index contributed by atoms with van der Waals surface area (Å²) in [6.45, 7) is 10.8. The van der Waals surface area contributed by atoms with Gasteiger partial charge in [-0.2, -0.15) is 0 Å². The molecule has 102 valence electrons. The Kier molecular flexibility index (Phi) is 3.02. The lowest BCUT2D eigenvalue weighted by molar-refractivity contribution is 0.430. The average Bonchev–Trinajstić information content (AvgIpc) is 2.82. The fourth-order valence-electron chi connectivity index (χ4n) is 2.52. The van der Waals surface area contributed by atoms with Gasteiger partial charge in [0.1, 0.15) is 11.3 Å². The normalized spacial score (nSPS) is 17.1. The van der Waals surface area contributed by atoms with Crippen molar-refractivity contribution in [2.45, 2.75) is 26.2 Å². The molecule has 0 aliphatic carbocycles. The van der Waals surface area contributed by atoms with Gasteiger partial charge in [-0.3, -0.25) is 0 Å². The number of anilines is 1. The van der Waals surface area contributed by atoms with Gasteiger partial charge in [0.15, 0.2) is 0 Å². The molecule has 1 aromatic carbocycles. The van der Waals surface area contributed by atoms with E-state index in [0.29, 0.717) is 0 Å². The van der Waals surface area contributed by atoms with Crippen molar-refractivity contribution < 1.29 is 4.42 Å². The van der Waals surface area contributed by atoms with Crippen molar-refractivity contribution in [1.82, 2.24) is 5.32 Å². The van der Waals surface area contributed by atoms with Crippen LogP contribution in [-0.2, 0) is 5.41 Å². The predicted octanol–water partition coefficient (Wildman–Crippen LogP) is 3.14. The molecule has 2 aromatic rings. The lowest BCUT2D eigenvalue weighted by atomic mass is 9.93. The van der Waals surface area contributed by atoms with E-state index in [1.54, 1.807) is 0 Å². The van der Waals surface area contributed by atoms with Gasteiger partial charge in [0.2, 0.25) is 0 Å². The molecule has 1 fully saturated rings. The summed E-state index contributed by atoms with van der Waals surface area (Å²) in [5.41, 5.74) is 2.35. The molecule has 1 saturated heterocycles. The first kappa shape index (κ1) is 12.5. The van der Waals surface area contributed by atoms with Crippen LogP contribution < -0.4 is 10.2 Å². The Balaban J connectivity index is 1.96. The second kappa shape index (κ2) is 4.57. The Bertz CT molecular complexity index is 574. The number of hydrogen-bond acceptors (Lipinski definition) is 3. The molecule has 3 nitrogen and oxygen atoms in total. The van der Waals surface area contributed by atoms with Crippen LogP contribution in [0.3, 0.4) is 0 Å². The quantitative estimate of drug-likeness (QED) is 0.852. The van der Waals surface area contributed by atoms with Crippen LogP contribution in [0.15, 0.2) is 28.7 Å². The maximum Gasteiger partial charge on any atom is 0.134 e. The molecule has 1 aliphatic heterocycles. The smallest absolute Gasteiger partial charge is 0.134 e. The fraction of sp³-hybridized carbons (Fsp3) is 0.500. The second-order valence-corrected chi connectivity index (χ2v) is 6.32. The monoisotopic (exact) mass is 258 g/mol. The maximum absolute atomic E-state index is 5.94. The molecule has 0 bridgehead atoms. The van der Waals surface area contributed by atoms with Gasteiger partial charge in [-0.25, -0.2) is 0 Å². The van der Waals surface area contributed by atoms with Gasteiger partial charge in [0.25, 0.3) is 0 Å². The Morgan fingerprint density at radius 2 is 1.84 bits per heavy atom. The Morgan fingerprint density at radius 3 is 2.53 bits per heavy atom. The van der Waals surface area contributed by atoms with Crippen molar-refractivity contribution in [2.24, 2.45) is 0 Å². The standard InChI is InChI=1S/C16H22N2O/c1-16(2,3)15-11-12-10-13(4-5-14(12)19-15)18-8-6-17-7-9-18/h4-5,10-11,17H,6-9H2,1-3H3. The van der Waals surface area contributed by atoms with Gasteiger partial charge in [-0.1, -0.05) is 20.8 Å². The third kappa shape index (κ3) is 2.47. The van der Waals surface area contributed by atoms with Gasteiger partial charge in [-0.05, 0) is 24.3 Å². The summed E-state index contributed by atoms with van der Waals surface area (Å²) < 4.78 is 5.94. The van der Waals surface area contributed by atoms with E-state index in [1.165, 1.54) is 11.1 Å². The van der Waals surface area contributed by atoms with E-state index in [-0.39, 0.29) is 5.41 Å². The van der Waals surface area contributed by atoms with E-state index in [1.807, 2.05) is 0 Å². The number of furan rings is 1. The molecule has 0 atom stereocenters. The lowest BCUT2D eigenvalue weighted by Gasteiger charge is -2.29. The van der Waals surface area contributed by atoms with Crippen LogP contribution in [0.5, 0.6) is 0 Å². The minimum Gasteiger partial charge on any atom is -0.461 e. The van der Waals surface area contributed by atoms with Gasteiger partial charge in [0.05, 0.1) is 0 Å². The summed E-state index contributed by atoms with van der Waals surface area (Å²) in [5.74, 6) is 1.06. The topological polar surface area (TPSA) is 28.4 Å². The molecule has 0 saturated carbocycles. The molecule has 1 aliphatic rings. The van der Waals surface area contributed by atoms with Crippen LogP contribution in [0.2, 0.25) is 0 Å². The molecular formula is C16H22N2O. The molecule has 1 aromatic heterocycles. The molecule has 1 N–H and O–H groups in total. The van der Waals surface area contributed by atoms with Gasteiger partial charge in [-0.15, -0.1) is 0 Å². The Hall–Kier alpha value is -1.48. The third-order valence-electron chi connectivity index (χ3n) is 3.72. The van der Waals surface area contributed by atoms with Crippen LogP contribution >= 0.6 is 0 Å². The first-order chi connectivity index (χ1) is 9.04. The molecule has 3 rings (SSSR count). The van der Waals surface area contributed by atoms with Gasteiger partial charge < -0.3 is 14.6 Å². The zero-order valence-corrected chi connectivity index (χ0v) is 12.0. The molecule has 0 radical (unpaired) electrons. The average molecular weight is 258 g/mol. The first-order valence-electron chi connectivity index (χ1n) is 7.04. The molecule has 0 spiro atoms. The number of nitrogens with zero attached hydrogens (tertiary/aromatic N) is 1. The minimum absolute atomic E-state index is 0.0637. The highest BCUT2D eigenvalue weighted by Gasteiger charge is 2.19. The molecular weight excluding hydrogens is 236 g/mol. The molecule has 3 heteroatoms. The number of rotatable bonds is 1. The van der Waals surface area contributed by atoms with Gasteiger partial charge in [0, 0.05) is 42.7 Å². The van der Waals surface area contributed by atoms with E-state index in [4.69, 9.17) is 4.42 Å². The number of nitrogens with one attached hydrogen (secondary N) is 1. The van der Waals surface area contributed by atoms with Crippen molar-refractivity contribution in [2.75, 3.05) is 31.1 Å². The lowest BCUT2D eigenvalue weighted by Crippen LogP contribution is -2.43. The van der Waals surface area contributed by atoms with Crippen LogP contribution in [0.25, 0.3) is 11.0 Å². The third-order valence-corrected chi connectivity index (χ3v) is 3.72. The molecule has 2 heterocycles. The summed E-state index contributed by atoms with van der Waals surface area (Å²) in [4.78, 5) is 2.43. The summed E-state index contributed by atoms with van der Waals surface area (Å²) >= 11 is 0. The SMILES string of the molecule is CC(C)(C)c1cc2cc(N3CCNCC3)ccc2o1. The van der Waals surface area contributed by atoms with E-state index in [9.17, 15) is 0 Å². The van der Waals surface area contributed by atoms with Crippen molar-refractivity contribution in [1.29, 1.82) is 0 Å². The summed E-state index contributed by atoms with van der Waals surface area (Å²) in [7, 11) is 0. The Labute approximate surface area is 114 Å². The van der Waals surface area contributed by atoms with Crippen molar-refractivity contribution in [3.63, 3.8) is 0 Å². The number of fused-ring (bicyclic) bond motifs is 1. The largest absolute Gasteiger partial charge is 0.461 e.